The fraction of sp³-hybridized carbons (Fsp3) is 0.833. The monoisotopic (exact) mass is 176 g/mol. The highest BCUT2D eigenvalue weighted by Crippen LogP contribution is 2.16. The van der Waals surface area contributed by atoms with Crippen molar-refractivity contribution in [3.8, 4) is 0 Å². The fourth-order valence-electron chi connectivity index (χ4n) is 1.05. The summed E-state index contributed by atoms with van der Waals surface area (Å²) < 4.78 is 2.32. The molecular weight excluding hydrogens is 164 g/mol. The third-order valence-corrected chi connectivity index (χ3v) is 2.70. The highest BCUT2D eigenvalue weighted by molar-refractivity contribution is 7.98. The van der Waals surface area contributed by atoms with Gasteiger partial charge in [0.2, 0.25) is 0 Å². The molecule has 5 heteroatoms. The number of rotatable bonds is 2. The van der Waals surface area contributed by atoms with Gasteiger partial charge < -0.3 is 10.4 Å². The first-order valence-electron chi connectivity index (χ1n) is 3.64. The van der Waals surface area contributed by atoms with Gasteiger partial charge in [-0.2, -0.15) is 0 Å². The van der Waals surface area contributed by atoms with Crippen LogP contribution < -0.4 is 10.0 Å². The lowest BCUT2D eigenvalue weighted by atomic mass is 10.2. The predicted molar refractivity (Wildman–Crippen MR) is 44.6 cm³/mol. The quantitative estimate of drug-likeness (QED) is 0.541. The van der Waals surface area contributed by atoms with Crippen molar-refractivity contribution in [2.24, 2.45) is 0 Å². The summed E-state index contributed by atoms with van der Waals surface area (Å²) in [4.78, 5) is 10.1. The molecule has 64 valence electrons. The molecule has 0 aromatic carbocycles. The molecule has 0 radical (unpaired) electrons. The summed E-state index contributed by atoms with van der Waals surface area (Å²) in [7, 11) is 0. The van der Waals surface area contributed by atoms with E-state index in [4.69, 9.17) is 5.11 Å². The van der Waals surface area contributed by atoms with Crippen LogP contribution in [0.1, 0.15) is 12.8 Å². The Morgan fingerprint density at radius 2 is 2.18 bits per heavy atom. The molecule has 1 fully saturated rings. The smallest absolute Gasteiger partial charge is 0.414 e. The minimum atomic E-state index is -0.950. The molecule has 4 nitrogen and oxygen atoms in total. The molecule has 0 saturated carbocycles. The molecule has 1 amide bonds. The second-order valence-corrected chi connectivity index (χ2v) is 3.58. The molecule has 1 aliphatic rings. The summed E-state index contributed by atoms with van der Waals surface area (Å²) in [5.74, 6) is 0. The maximum absolute atomic E-state index is 10.1. The summed E-state index contributed by atoms with van der Waals surface area (Å²) in [6.45, 7) is 2.00. The third-order valence-electron chi connectivity index (χ3n) is 1.60. The minimum absolute atomic E-state index is 0.451. The van der Waals surface area contributed by atoms with E-state index in [9.17, 15) is 4.79 Å². The van der Waals surface area contributed by atoms with Crippen LogP contribution in [0.15, 0.2) is 0 Å². The number of nitrogens with one attached hydrogen (secondary N) is 2. The van der Waals surface area contributed by atoms with Gasteiger partial charge in [-0.1, -0.05) is 0 Å². The van der Waals surface area contributed by atoms with Crippen LogP contribution in [0.4, 0.5) is 4.79 Å². The Morgan fingerprint density at radius 1 is 1.55 bits per heavy atom. The number of hydrogen-bond acceptors (Lipinski definition) is 3. The lowest BCUT2D eigenvalue weighted by Crippen LogP contribution is -2.31. The number of amides is 1. The van der Waals surface area contributed by atoms with Crippen LogP contribution in [0.2, 0.25) is 0 Å². The lowest BCUT2D eigenvalue weighted by Gasteiger charge is -2.20. The van der Waals surface area contributed by atoms with Crippen LogP contribution in [0.5, 0.6) is 0 Å². The van der Waals surface area contributed by atoms with Gasteiger partial charge in [0, 0.05) is 5.25 Å². The van der Waals surface area contributed by atoms with Gasteiger partial charge in [0.25, 0.3) is 0 Å². The van der Waals surface area contributed by atoms with Gasteiger partial charge in [-0.05, 0) is 37.9 Å². The molecule has 1 heterocycles. The van der Waals surface area contributed by atoms with Gasteiger partial charge in [-0.15, -0.1) is 0 Å². The second kappa shape index (κ2) is 4.46. The first-order valence-corrected chi connectivity index (χ1v) is 4.52. The van der Waals surface area contributed by atoms with E-state index in [1.165, 1.54) is 11.9 Å². The number of carbonyl (C=O) groups is 1. The molecule has 0 spiro atoms. The zero-order valence-corrected chi connectivity index (χ0v) is 6.99. The average molecular weight is 176 g/mol. The predicted octanol–water partition coefficient (Wildman–Crippen LogP) is 0.654. The summed E-state index contributed by atoms with van der Waals surface area (Å²) in [6.07, 6.45) is 1.14. The van der Waals surface area contributed by atoms with E-state index in [1.807, 2.05) is 0 Å². The van der Waals surface area contributed by atoms with Crippen LogP contribution >= 0.6 is 11.9 Å². The van der Waals surface area contributed by atoms with Crippen molar-refractivity contribution >= 4 is 18.0 Å². The summed E-state index contributed by atoms with van der Waals surface area (Å²) in [5.41, 5.74) is 0. The molecular formula is C6H12N2O2S. The van der Waals surface area contributed by atoms with E-state index >= 15 is 0 Å². The Hall–Kier alpha value is -0.420. The molecule has 1 aliphatic heterocycles. The Labute approximate surface area is 69.9 Å². The van der Waals surface area contributed by atoms with Crippen molar-refractivity contribution in [2.75, 3.05) is 13.1 Å². The van der Waals surface area contributed by atoms with E-state index < -0.39 is 6.09 Å². The summed E-state index contributed by atoms with van der Waals surface area (Å²) in [5, 5.41) is 12.0. The maximum Gasteiger partial charge on any atom is 0.414 e. The van der Waals surface area contributed by atoms with E-state index in [0.29, 0.717) is 5.25 Å². The van der Waals surface area contributed by atoms with Crippen molar-refractivity contribution in [3.63, 3.8) is 0 Å². The molecule has 1 saturated heterocycles. The van der Waals surface area contributed by atoms with Gasteiger partial charge in [-0.25, -0.2) is 4.79 Å². The van der Waals surface area contributed by atoms with Crippen molar-refractivity contribution in [1.82, 2.24) is 10.0 Å². The largest absolute Gasteiger partial charge is 0.464 e. The van der Waals surface area contributed by atoms with E-state index in [-0.39, 0.29) is 0 Å². The van der Waals surface area contributed by atoms with Crippen LogP contribution in [-0.4, -0.2) is 29.5 Å². The van der Waals surface area contributed by atoms with E-state index in [2.05, 4.69) is 10.0 Å². The molecule has 3 N–H and O–H groups in total. The van der Waals surface area contributed by atoms with Crippen molar-refractivity contribution in [1.29, 1.82) is 0 Å². The first kappa shape index (κ1) is 8.67. The lowest BCUT2D eigenvalue weighted by molar-refractivity contribution is 0.201. The van der Waals surface area contributed by atoms with Crippen LogP contribution in [0, 0.1) is 0 Å². The van der Waals surface area contributed by atoms with E-state index in [0.717, 1.165) is 25.9 Å². The normalized spacial score (nSPS) is 19.6. The Kier molecular flexibility index (Phi) is 3.51. The SMILES string of the molecule is O=C(O)NSC1CCNCC1. The van der Waals surface area contributed by atoms with Gasteiger partial charge >= 0.3 is 6.09 Å². The summed E-state index contributed by atoms with van der Waals surface area (Å²) >= 11 is 1.32. The standard InChI is InChI=1S/C6H12N2O2S/c9-6(10)8-11-5-1-3-7-4-2-5/h5,7-8H,1-4H2,(H,9,10). The fourth-order valence-corrected chi connectivity index (χ4v) is 1.79. The van der Waals surface area contributed by atoms with Crippen molar-refractivity contribution < 1.29 is 9.90 Å². The minimum Gasteiger partial charge on any atom is -0.464 e. The van der Waals surface area contributed by atoms with Crippen molar-refractivity contribution in [2.45, 2.75) is 18.1 Å². The molecule has 1 rings (SSSR count). The summed E-state index contributed by atoms with van der Waals surface area (Å²) in [6, 6.07) is 0. The number of piperidine rings is 1. The number of carboxylic acid groups (broad SMARTS) is 1. The van der Waals surface area contributed by atoms with E-state index in [1.54, 1.807) is 0 Å². The van der Waals surface area contributed by atoms with Gasteiger partial charge in [0.05, 0.1) is 0 Å². The maximum atomic E-state index is 10.1. The van der Waals surface area contributed by atoms with Crippen LogP contribution in [-0.2, 0) is 0 Å². The van der Waals surface area contributed by atoms with Gasteiger partial charge in [0.15, 0.2) is 0 Å². The Balaban J connectivity index is 2.09. The molecule has 0 aromatic rings. The molecule has 0 unspecified atom stereocenters. The highest BCUT2D eigenvalue weighted by atomic mass is 32.2. The molecule has 0 aromatic heterocycles. The molecule has 0 aliphatic carbocycles. The third kappa shape index (κ3) is 3.48. The topological polar surface area (TPSA) is 61.4 Å². The Bertz CT molecular complexity index is 137. The van der Waals surface area contributed by atoms with Crippen LogP contribution in [0.25, 0.3) is 0 Å². The number of hydrogen-bond donors (Lipinski definition) is 3. The molecule has 0 bridgehead atoms. The zero-order valence-electron chi connectivity index (χ0n) is 6.17. The average Bonchev–Trinajstić information content (AvgIpc) is 2.03. The Morgan fingerprint density at radius 3 is 2.73 bits per heavy atom. The van der Waals surface area contributed by atoms with Gasteiger partial charge in [0.1, 0.15) is 0 Å². The molecule has 0 atom stereocenters. The highest BCUT2D eigenvalue weighted by Gasteiger charge is 2.13. The van der Waals surface area contributed by atoms with Crippen molar-refractivity contribution in [3.05, 3.63) is 0 Å². The first-order chi connectivity index (χ1) is 5.29. The molecule has 11 heavy (non-hydrogen) atoms. The second-order valence-electron chi connectivity index (χ2n) is 2.47. The van der Waals surface area contributed by atoms with Gasteiger partial charge in [-0.3, -0.25) is 4.72 Å². The van der Waals surface area contributed by atoms with Crippen LogP contribution in [0.3, 0.4) is 0 Å². The zero-order chi connectivity index (χ0) is 8.10.